The number of aliphatic hydroxyl groups is 1. The van der Waals surface area contributed by atoms with Gasteiger partial charge < -0.3 is 14.6 Å². The van der Waals surface area contributed by atoms with Crippen molar-refractivity contribution in [2.75, 3.05) is 0 Å². The maximum absolute atomic E-state index is 9.70. The van der Waals surface area contributed by atoms with E-state index < -0.39 is 0 Å². The monoisotopic (exact) mass is 363 g/mol. The zero-order valence-corrected chi connectivity index (χ0v) is 15.6. The minimum Gasteiger partial charge on any atom is -0.473 e. The van der Waals surface area contributed by atoms with Gasteiger partial charge in [-0.15, -0.1) is 0 Å². The first-order chi connectivity index (χ1) is 13.3. The average molecular weight is 363 g/mol. The molecule has 27 heavy (non-hydrogen) atoms. The quantitative estimate of drug-likeness (QED) is 0.611. The molecule has 0 aliphatic rings. The number of pyridine rings is 1. The van der Waals surface area contributed by atoms with E-state index in [2.05, 4.69) is 11.9 Å². The van der Waals surface area contributed by atoms with Gasteiger partial charge in [0.15, 0.2) is 0 Å². The van der Waals surface area contributed by atoms with Gasteiger partial charge in [0.05, 0.1) is 25.5 Å². The first-order valence-electron chi connectivity index (χ1n) is 9.21. The molecule has 0 saturated carbocycles. The Kier molecular flexibility index (Phi) is 6.97. The van der Waals surface area contributed by atoms with Crippen molar-refractivity contribution >= 4 is 0 Å². The highest BCUT2D eigenvalue weighted by Crippen LogP contribution is 2.23. The van der Waals surface area contributed by atoms with Crippen molar-refractivity contribution in [1.29, 1.82) is 0 Å². The van der Waals surface area contributed by atoms with E-state index in [0.717, 1.165) is 28.8 Å². The summed E-state index contributed by atoms with van der Waals surface area (Å²) in [5.41, 5.74) is 4.81. The zero-order valence-electron chi connectivity index (χ0n) is 15.6. The molecule has 0 fully saturated rings. The van der Waals surface area contributed by atoms with Crippen LogP contribution < -0.4 is 4.74 Å². The van der Waals surface area contributed by atoms with Crippen molar-refractivity contribution in [3.63, 3.8) is 0 Å². The van der Waals surface area contributed by atoms with Crippen molar-refractivity contribution in [3.05, 3.63) is 94.7 Å². The Morgan fingerprint density at radius 3 is 2.04 bits per heavy atom. The van der Waals surface area contributed by atoms with Crippen LogP contribution in [0, 0.1) is 0 Å². The van der Waals surface area contributed by atoms with Crippen molar-refractivity contribution in [3.8, 4) is 5.88 Å². The zero-order chi connectivity index (χ0) is 18.9. The van der Waals surface area contributed by atoms with Crippen molar-refractivity contribution in [2.45, 2.75) is 39.8 Å². The predicted octanol–water partition coefficient (Wildman–Crippen LogP) is 4.43. The molecule has 0 atom stereocenters. The molecular formula is C23H25NO3. The highest BCUT2D eigenvalue weighted by atomic mass is 16.5. The lowest BCUT2D eigenvalue weighted by Crippen LogP contribution is -2.07. The number of aryl methyl sites for hydroxylation is 1. The van der Waals surface area contributed by atoms with E-state index in [1.165, 1.54) is 0 Å². The van der Waals surface area contributed by atoms with Gasteiger partial charge in [0, 0.05) is 5.56 Å². The number of aromatic nitrogens is 1. The number of aliphatic hydroxyl groups excluding tert-OH is 1. The Bertz CT molecular complexity index is 835. The third kappa shape index (κ3) is 5.39. The van der Waals surface area contributed by atoms with Crippen LogP contribution in [-0.4, -0.2) is 10.1 Å². The van der Waals surface area contributed by atoms with Gasteiger partial charge in [-0.2, -0.15) is 0 Å². The number of benzene rings is 2. The van der Waals surface area contributed by atoms with Crippen LogP contribution in [-0.2, 0) is 37.6 Å². The van der Waals surface area contributed by atoms with Gasteiger partial charge >= 0.3 is 0 Å². The van der Waals surface area contributed by atoms with Gasteiger partial charge in [-0.05, 0) is 29.2 Å². The van der Waals surface area contributed by atoms with E-state index in [1.807, 2.05) is 66.7 Å². The summed E-state index contributed by atoms with van der Waals surface area (Å²) in [7, 11) is 0. The molecule has 3 rings (SSSR count). The molecule has 1 N–H and O–H groups in total. The molecule has 0 bridgehead atoms. The Hall–Kier alpha value is -2.69. The van der Waals surface area contributed by atoms with Crippen molar-refractivity contribution < 1.29 is 14.6 Å². The molecule has 0 unspecified atom stereocenters. The van der Waals surface area contributed by atoms with Gasteiger partial charge in [-0.1, -0.05) is 67.6 Å². The summed E-state index contributed by atoms with van der Waals surface area (Å²) in [6, 6.07) is 22.0. The summed E-state index contributed by atoms with van der Waals surface area (Å²) in [5, 5.41) is 9.70. The fourth-order valence-electron chi connectivity index (χ4n) is 2.86. The first-order valence-corrected chi connectivity index (χ1v) is 9.21. The molecule has 0 radical (unpaired) electrons. The standard InChI is InChI=1S/C23H25NO3/c1-2-20-13-21(14-25)23(27-16-19-11-7-4-8-12-19)24-22(20)17-26-15-18-9-5-3-6-10-18/h3-13,25H,2,14-17H2,1H3. The van der Waals surface area contributed by atoms with Gasteiger partial charge in [0.1, 0.15) is 6.61 Å². The number of hydrogen-bond donors (Lipinski definition) is 1. The topological polar surface area (TPSA) is 51.6 Å². The third-order valence-corrected chi connectivity index (χ3v) is 4.35. The van der Waals surface area contributed by atoms with Crippen LogP contribution in [0.4, 0.5) is 0 Å². The maximum atomic E-state index is 9.70. The number of rotatable bonds is 9. The molecule has 3 aromatic rings. The smallest absolute Gasteiger partial charge is 0.219 e. The van der Waals surface area contributed by atoms with Crippen LogP contribution in [0.3, 0.4) is 0 Å². The maximum Gasteiger partial charge on any atom is 0.219 e. The fraction of sp³-hybridized carbons (Fsp3) is 0.261. The van der Waals surface area contributed by atoms with E-state index in [1.54, 1.807) is 0 Å². The van der Waals surface area contributed by atoms with Gasteiger partial charge in [-0.3, -0.25) is 0 Å². The minimum atomic E-state index is -0.102. The van der Waals surface area contributed by atoms with Crippen LogP contribution in [0.2, 0.25) is 0 Å². The summed E-state index contributed by atoms with van der Waals surface area (Å²) >= 11 is 0. The Morgan fingerprint density at radius 2 is 1.44 bits per heavy atom. The first kappa shape index (κ1) is 19.1. The van der Waals surface area contributed by atoms with Crippen LogP contribution in [0.1, 0.15) is 34.9 Å². The molecule has 4 heteroatoms. The molecule has 0 amide bonds. The summed E-state index contributed by atoms with van der Waals surface area (Å²) in [4.78, 5) is 4.65. The molecule has 0 aliphatic carbocycles. The molecule has 0 aliphatic heterocycles. The molecule has 2 aromatic carbocycles. The molecule has 140 valence electrons. The van der Waals surface area contributed by atoms with Crippen LogP contribution in [0.25, 0.3) is 0 Å². The summed E-state index contributed by atoms with van der Waals surface area (Å²) < 4.78 is 11.8. The number of hydrogen-bond acceptors (Lipinski definition) is 4. The van der Waals surface area contributed by atoms with Crippen molar-refractivity contribution in [1.82, 2.24) is 4.98 Å². The lowest BCUT2D eigenvalue weighted by atomic mass is 10.1. The van der Waals surface area contributed by atoms with E-state index in [4.69, 9.17) is 9.47 Å². The lowest BCUT2D eigenvalue weighted by Gasteiger charge is -2.15. The largest absolute Gasteiger partial charge is 0.473 e. The molecule has 1 heterocycles. The highest BCUT2D eigenvalue weighted by molar-refractivity contribution is 5.34. The second-order valence-corrected chi connectivity index (χ2v) is 6.32. The van der Waals surface area contributed by atoms with E-state index in [0.29, 0.717) is 31.3 Å². The van der Waals surface area contributed by atoms with Gasteiger partial charge in [-0.25, -0.2) is 4.98 Å². The molecule has 0 spiro atoms. The third-order valence-electron chi connectivity index (χ3n) is 4.35. The van der Waals surface area contributed by atoms with Crippen LogP contribution in [0.15, 0.2) is 66.7 Å². The Balaban J connectivity index is 1.71. The Morgan fingerprint density at radius 1 is 0.815 bits per heavy atom. The predicted molar refractivity (Wildman–Crippen MR) is 105 cm³/mol. The second kappa shape index (κ2) is 9.86. The van der Waals surface area contributed by atoms with Crippen LogP contribution in [0.5, 0.6) is 5.88 Å². The fourth-order valence-corrected chi connectivity index (χ4v) is 2.86. The summed E-state index contributed by atoms with van der Waals surface area (Å²) in [6.07, 6.45) is 0.822. The number of ether oxygens (including phenoxy) is 2. The Labute approximate surface area is 160 Å². The normalized spacial score (nSPS) is 10.7. The SMILES string of the molecule is CCc1cc(CO)c(OCc2ccccc2)nc1COCc1ccccc1. The van der Waals surface area contributed by atoms with Gasteiger partial charge in [0.2, 0.25) is 5.88 Å². The van der Waals surface area contributed by atoms with Gasteiger partial charge in [0.25, 0.3) is 0 Å². The molecule has 0 saturated heterocycles. The molecule has 4 nitrogen and oxygen atoms in total. The highest BCUT2D eigenvalue weighted by Gasteiger charge is 2.12. The van der Waals surface area contributed by atoms with E-state index in [-0.39, 0.29) is 6.61 Å². The summed E-state index contributed by atoms with van der Waals surface area (Å²) in [5.74, 6) is 0.469. The van der Waals surface area contributed by atoms with Crippen LogP contribution >= 0.6 is 0 Å². The summed E-state index contributed by atoms with van der Waals surface area (Å²) in [6.45, 7) is 3.33. The lowest BCUT2D eigenvalue weighted by molar-refractivity contribution is 0.103. The molecule has 1 aromatic heterocycles. The average Bonchev–Trinajstić information content (AvgIpc) is 2.73. The minimum absolute atomic E-state index is 0.102. The second-order valence-electron chi connectivity index (χ2n) is 6.32. The van der Waals surface area contributed by atoms with Crippen molar-refractivity contribution in [2.24, 2.45) is 0 Å². The van der Waals surface area contributed by atoms with E-state index in [9.17, 15) is 5.11 Å². The molecular weight excluding hydrogens is 338 g/mol. The number of nitrogens with zero attached hydrogens (tertiary/aromatic N) is 1. The van der Waals surface area contributed by atoms with E-state index >= 15 is 0 Å².